The van der Waals surface area contributed by atoms with Gasteiger partial charge in [-0.05, 0) is 41.8 Å². The number of nitrogens with zero attached hydrogens (tertiary/aromatic N) is 3. The SMILES string of the molecule is CN1CCc2cc(C3=NC(N)C(C#N)(c4ccccc4Br)C=C3)ccc21. The molecule has 2 unspecified atom stereocenters. The molecule has 0 aliphatic carbocycles. The number of aliphatic imine (C=N–C) groups is 1. The number of halogens is 1. The van der Waals surface area contributed by atoms with Crippen LogP contribution in [0.25, 0.3) is 0 Å². The van der Waals surface area contributed by atoms with Gasteiger partial charge in [-0.15, -0.1) is 0 Å². The number of allylic oxidation sites excluding steroid dienone is 1. The van der Waals surface area contributed by atoms with Crippen molar-refractivity contribution in [3.05, 3.63) is 75.8 Å². The monoisotopic (exact) mass is 406 g/mol. The molecule has 2 aromatic rings. The van der Waals surface area contributed by atoms with Crippen molar-refractivity contribution in [3.63, 3.8) is 0 Å². The van der Waals surface area contributed by atoms with Crippen molar-refractivity contribution in [1.82, 2.24) is 0 Å². The molecular weight excluding hydrogens is 388 g/mol. The van der Waals surface area contributed by atoms with Crippen LogP contribution >= 0.6 is 15.9 Å². The molecule has 0 spiro atoms. The third-order valence-corrected chi connectivity index (χ3v) is 5.95. The number of fused-ring (bicyclic) bond motifs is 1. The lowest BCUT2D eigenvalue weighted by molar-refractivity contribution is 0.527. The van der Waals surface area contributed by atoms with Crippen molar-refractivity contribution >= 4 is 27.3 Å². The van der Waals surface area contributed by atoms with Gasteiger partial charge in [-0.2, -0.15) is 5.26 Å². The molecule has 26 heavy (non-hydrogen) atoms. The maximum atomic E-state index is 9.93. The molecular formula is C21H19BrN4. The maximum absolute atomic E-state index is 9.93. The smallest absolute Gasteiger partial charge is 0.137 e. The van der Waals surface area contributed by atoms with Gasteiger partial charge in [0.2, 0.25) is 0 Å². The van der Waals surface area contributed by atoms with Crippen LogP contribution < -0.4 is 10.6 Å². The lowest BCUT2D eigenvalue weighted by Crippen LogP contribution is -2.44. The first-order valence-electron chi connectivity index (χ1n) is 8.58. The first-order chi connectivity index (χ1) is 12.5. The second-order valence-electron chi connectivity index (χ2n) is 6.77. The molecule has 0 saturated heterocycles. The molecule has 5 heteroatoms. The maximum Gasteiger partial charge on any atom is 0.137 e. The summed E-state index contributed by atoms with van der Waals surface area (Å²) in [5.74, 6) is 0. The third-order valence-electron chi connectivity index (χ3n) is 5.26. The molecule has 2 aromatic carbocycles. The van der Waals surface area contributed by atoms with E-state index in [4.69, 9.17) is 5.73 Å². The number of benzene rings is 2. The summed E-state index contributed by atoms with van der Waals surface area (Å²) in [6.07, 6.45) is 4.19. The van der Waals surface area contributed by atoms with E-state index in [9.17, 15) is 5.26 Å². The summed E-state index contributed by atoms with van der Waals surface area (Å²) in [6.45, 7) is 1.04. The summed E-state index contributed by atoms with van der Waals surface area (Å²) >= 11 is 3.54. The molecule has 0 amide bonds. The zero-order valence-corrected chi connectivity index (χ0v) is 16.1. The summed E-state index contributed by atoms with van der Waals surface area (Å²) in [5.41, 5.74) is 10.7. The highest BCUT2D eigenvalue weighted by atomic mass is 79.9. The molecule has 2 aliphatic heterocycles. The number of nitriles is 1. The predicted molar refractivity (Wildman–Crippen MR) is 109 cm³/mol. The highest BCUT2D eigenvalue weighted by Crippen LogP contribution is 2.37. The van der Waals surface area contributed by atoms with Crippen LogP contribution in [0.15, 0.2) is 64.1 Å². The second-order valence-corrected chi connectivity index (χ2v) is 7.62. The van der Waals surface area contributed by atoms with E-state index in [1.807, 2.05) is 36.4 Å². The van der Waals surface area contributed by atoms with Crippen LogP contribution in [0, 0.1) is 11.3 Å². The summed E-state index contributed by atoms with van der Waals surface area (Å²) < 4.78 is 0.862. The Balaban J connectivity index is 1.72. The summed E-state index contributed by atoms with van der Waals surface area (Å²) in [6, 6.07) is 16.5. The van der Waals surface area contributed by atoms with E-state index in [1.54, 1.807) is 0 Å². The molecule has 0 aromatic heterocycles. The van der Waals surface area contributed by atoms with Crippen LogP contribution in [0.2, 0.25) is 0 Å². The number of anilines is 1. The van der Waals surface area contributed by atoms with E-state index >= 15 is 0 Å². The van der Waals surface area contributed by atoms with Crippen molar-refractivity contribution in [2.45, 2.75) is 18.0 Å². The minimum absolute atomic E-state index is 0.665. The number of dihydropyridines is 1. The Morgan fingerprint density at radius 3 is 2.85 bits per heavy atom. The number of rotatable bonds is 2. The van der Waals surface area contributed by atoms with E-state index in [-0.39, 0.29) is 0 Å². The van der Waals surface area contributed by atoms with Crippen molar-refractivity contribution in [3.8, 4) is 6.07 Å². The van der Waals surface area contributed by atoms with E-state index in [0.29, 0.717) is 0 Å². The van der Waals surface area contributed by atoms with Gasteiger partial charge in [0.25, 0.3) is 0 Å². The fourth-order valence-electron chi connectivity index (χ4n) is 3.71. The predicted octanol–water partition coefficient (Wildman–Crippen LogP) is 3.55. The van der Waals surface area contributed by atoms with Gasteiger partial charge in [0.1, 0.15) is 11.6 Å². The quantitative estimate of drug-likeness (QED) is 0.828. The van der Waals surface area contributed by atoms with Crippen LogP contribution in [0.5, 0.6) is 0 Å². The molecule has 0 fully saturated rings. The zero-order valence-electron chi connectivity index (χ0n) is 14.5. The largest absolute Gasteiger partial charge is 0.374 e. The van der Waals surface area contributed by atoms with Crippen LogP contribution in [-0.4, -0.2) is 25.5 Å². The van der Waals surface area contributed by atoms with Crippen molar-refractivity contribution in [2.24, 2.45) is 10.7 Å². The van der Waals surface area contributed by atoms with Crippen molar-refractivity contribution < 1.29 is 0 Å². The molecule has 130 valence electrons. The van der Waals surface area contributed by atoms with Gasteiger partial charge in [0, 0.05) is 29.3 Å². The molecule has 2 atom stereocenters. The standard InChI is InChI=1S/C21H19BrN4/c1-26-11-9-15-12-14(6-7-19(15)26)18-8-10-21(13-23,20(24)25-18)16-4-2-3-5-17(16)22/h2-8,10,12,20H,9,11,24H2,1H3. The normalized spacial score (nSPS) is 24.2. The Morgan fingerprint density at radius 1 is 1.31 bits per heavy atom. The molecule has 0 saturated carbocycles. The minimum Gasteiger partial charge on any atom is -0.374 e. The van der Waals surface area contributed by atoms with Gasteiger partial charge in [-0.25, -0.2) is 0 Å². The Morgan fingerprint density at radius 2 is 2.12 bits per heavy atom. The summed E-state index contributed by atoms with van der Waals surface area (Å²) in [7, 11) is 2.11. The van der Waals surface area contributed by atoms with Gasteiger partial charge in [-0.1, -0.05) is 46.3 Å². The number of hydrogen-bond acceptors (Lipinski definition) is 4. The number of hydrogen-bond donors (Lipinski definition) is 1. The van der Waals surface area contributed by atoms with E-state index in [0.717, 1.165) is 34.3 Å². The zero-order chi connectivity index (χ0) is 18.3. The van der Waals surface area contributed by atoms with E-state index < -0.39 is 11.6 Å². The van der Waals surface area contributed by atoms with E-state index in [2.05, 4.69) is 57.1 Å². The Kier molecular flexibility index (Phi) is 4.18. The lowest BCUT2D eigenvalue weighted by atomic mass is 9.77. The van der Waals surface area contributed by atoms with Gasteiger partial charge in [0.05, 0.1) is 11.8 Å². The first-order valence-corrected chi connectivity index (χ1v) is 9.38. The Bertz CT molecular complexity index is 972. The molecule has 0 radical (unpaired) electrons. The van der Waals surface area contributed by atoms with Crippen LogP contribution in [0.1, 0.15) is 16.7 Å². The molecule has 2 aliphatic rings. The summed E-state index contributed by atoms with van der Waals surface area (Å²) in [5, 5.41) is 9.93. The van der Waals surface area contributed by atoms with Gasteiger partial charge in [-0.3, -0.25) is 4.99 Å². The molecule has 2 N–H and O–H groups in total. The van der Waals surface area contributed by atoms with E-state index in [1.165, 1.54) is 11.3 Å². The topological polar surface area (TPSA) is 65.4 Å². The Hall–Kier alpha value is -2.42. The van der Waals surface area contributed by atoms with Gasteiger partial charge < -0.3 is 10.6 Å². The van der Waals surface area contributed by atoms with Gasteiger partial charge >= 0.3 is 0 Å². The highest BCUT2D eigenvalue weighted by Gasteiger charge is 2.40. The van der Waals surface area contributed by atoms with Crippen LogP contribution in [-0.2, 0) is 11.8 Å². The fraction of sp³-hybridized carbons (Fsp3) is 0.238. The minimum atomic E-state index is -0.972. The van der Waals surface area contributed by atoms with Crippen molar-refractivity contribution in [1.29, 1.82) is 5.26 Å². The molecule has 4 nitrogen and oxygen atoms in total. The molecule has 4 rings (SSSR count). The summed E-state index contributed by atoms with van der Waals surface area (Å²) in [4.78, 5) is 6.95. The number of likely N-dealkylation sites (N-methyl/N-ethyl adjacent to an activating group) is 1. The third kappa shape index (κ3) is 2.57. The van der Waals surface area contributed by atoms with Gasteiger partial charge in [0.15, 0.2) is 0 Å². The lowest BCUT2D eigenvalue weighted by Gasteiger charge is -2.31. The fourth-order valence-corrected chi connectivity index (χ4v) is 4.32. The highest BCUT2D eigenvalue weighted by molar-refractivity contribution is 9.10. The number of nitrogens with two attached hydrogens (primary N) is 1. The first kappa shape index (κ1) is 17.0. The molecule has 0 bridgehead atoms. The average molecular weight is 407 g/mol. The molecule has 2 heterocycles. The Labute approximate surface area is 161 Å². The average Bonchev–Trinajstić information content (AvgIpc) is 3.03. The van der Waals surface area contributed by atoms with Crippen LogP contribution in [0.4, 0.5) is 5.69 Å². The van der Waals surface area contributed by atoms with Crippen molar-refractivity contribution in [2.75, 3.05) is 18.5 Å². The second kappa shape index (κ2) is 6.39. The van der Waals surface area contributed by atoms with Crippen LogP contribution in [0.3, 0.4) is 0 Å².